The van der Waals surface area contributed by atoms with E-state index in [1.165, 1.54) is 11.1 Å². The van der Waals surface area contributed by atoms with Gasteiger partial charge in [-0.2, -0.15) is 0 Å². The van der Waals surface area contributed by atoms with E-state index in [0.29, 0.717) is 11.4 Å². The molecule has 0 atom stereocenters. The monoisotopic (exact) mass is 613 g/mol. The number of imidazole rings is 1. The minimum absolute atomic E-state index is 0.0911. The number of hydrogen-bond donors (Lipinski definition) is 1. The van der Waals surface area contributed by atoms with E-state index in [1.807, 2.05) is 30.5 Å². The van der Waals surface area contributed by atoms with Crippen LogP contribution in [0, 0.1) is 20.8 Å². The van der Waals surface area contributed by atoms with Gasteiger partial charge in [0.1, 0.15) is 11.6 Å². The topological polar surface area (TPSA) is 50.9 Å². The molecule has 0 saturated heterocycles. The maximum Gasteiger partial charge on any atom is 0.149 e. The third-order valence-corrected chi connectivity index (χ3v) is 8.96. The molecule has 232 valence electrons. The van der Waals surface area contributed by atoms with Crippen LogP contribution in [0.1, 0.15) is 43.0 Å². The number of phenols is 1. The van der Waals surface area contributed by atoms with Crippen molar-refractivity contribution in [3.05, 3.63) is 144 Å². The normalized spacial score (nSPS) is 11.7. The maximum atomic E-state index is 11.1. The Morgan fingerprint density at radius 1 is 0.617 bits per heavy atom. The summed E-state index contributed by atoms with van der Waals surface area (Å²) in [6.45, 7) is 13.2. The van der Waals surface area contributed by atoms with Crippen molar-refractivity contribution in [2.75, 3.05) is 0 Å². The van der Waals surface area contributed by atoms with Gasteiger partial charge in [-0.05, 0) is 102 Å². The summed E-state index contributed by atoms with van der Waals surface area (Å²) in [5.41, 5.74) is 14.7. The molecule has 47 heavy (non-hydrogen) atoms. The number of aromatic nitrogens is 3. The highest BCUT2D eigenvalue weighted by Gasteiger charge is 2.23. The van der Waals surface area contributed by atoms with Gasteiger partial charge in [0, 0.05) is 17.3 Å². The van der Waals surface area contributed by atoms with Crippen LogP contribution in [-0.4, -0.2) is 19.6 Å². The molecule has 2 aromatic heterocycles. The lowest BCUT2D eigenvalue weighted by atomic mass is 9.83. The molecule has 4 heteroatoms. The molecular weight excluding hydrogens is 574 g/mol. The largest absolute Gasteiger partial charge is 0.507 e. The van der Waals surface area contributed by atoms with Crippen molar-refractivity contribution in [2.24, 2.45) is 0 Å². The third kappa shape index (κ3) is 5.61. The second-order valence-corrected chi connectivity index (χ2v) is 13.6. The molecule has 0 aliphatic carbocycles. The van der Waals surface area contributed by atoms with Gasteiger partial charge in [-0.3, -0.25) is 9.55 Å². The van der Waals surface area contributed by atoms with Crippen LogP contribution in [0.5, 0.6) is 5.75 Å². The number of hydrogen-bond acceptors (Lipinski definition) is 3. The second kappa shape index (κ2) is 11.7. The predicted molar refractivity (Wildman–Crippen MR) is 195 cm³/mol. The summed E-state index contributed by atoms with van der Waals surface area (Å²) in [5.74, 6) is 0.916. The lowest BCUT2D eigenvalue weighted by Crippen LogP contribution is -2.11. The Bertz CT molecular complexity index is 2250. The molecule has 7 aromatic rings. The molecule has 0 aliphatic rings. The van der Waals surface area contributed by atoms with Crippen molar-refractivity contribution in [1.82, 2.24) is 14.5 Å². The quantitative estimate of drug-likeness (QED) is 0.210. The van der Waals surface area contributed by atoms with Crippen molar-refractivity contribution < 1.29 is 5.11 Å². The van der Waals surface area contributed by atoms with Gasteiger partial charge in [-0.1, -0.05) is 99.1 Å². The first kappa shape index (κ1) is 30.2. The summed E-state index contributed by atoms with van der Waals surface area (Å²) < 4.78 is 2.22. The van der Waals surface area contributed by atoms with Crippen LogP contribution in [-0.2, 0) is 5.41 Å². The minimum atomic E-state index is -0.0911. The number of rotatable bonds is 5. The molecular formula is C43H39N3O. The Kier molecular flexibility index (Phi) is 7.52. The van der Waals surface area contributed by atoms with Crippen molar-refractivity contribution in [2.45, 2.75) is 47.0 Å². The highest BCUT2D eigenvalue weighted by Crippen LogP contribution is 2.41. The zero-order valence-electron chi connectivity index (χ0n) is 27.8. The summed E-state index contributed by atoms with van der Waals surface area (Å²) in [7, 11) is 0. The number of benzene rings is 5. The number of aromatic hydroxyl groups is 1. The van der Waals surface area contributed by atoms with Crippen molar-refractivity contribution >= 4 is 11.0 Å². The minimum Gasteiger partial charge on any atom is -0.507 e. The summed E-state index contributed by atoms with van der Waals surface area (Å²) in [5, 5.41) is 11.1. The fourth-order valence-corrected chi connectivity index (χ4v) is 6.69. The van der Waals surface area contributed by atoms with Gasteiger partial charge < -0.3 is 5.11 Å². The van der Waals surface area contributed by atoms with Gasteiger partial charge in [-0.25, -0.2) is 4.98 Å². The second-order valence-electron chi connectivity index (χ2n) is 13.6. The molecule has 0 saturated carbocycles. The smallest absolute Gasteiger partial charge is 0.149 e. The average molecular weight is 614 g/mol. The van der Waals surface area contributed by atoms with E-state index >= 15 is 0 Å². The number of pyridine rings is 1. The van der Waals surface area contributed by atoms with E-state index in [0.717, 1.165) is 61.4 Å². The van der Waals surface area contributed by atoms with Crippen LogP contribution in [0.25, 0.3) is 61.6 Å². The average Bonchev–Trinajstić information content (AvgIpc) is 3.43. The van der Waals surface area contributed by atoms with Gasteiger partial charge >= 0.3 is 0 Å². The first-order valence-electron chi connectivity index (χ1n) is 16.1. The molecule has 0 bridgehead atoms. The van der Waals surface area contributed by atoms with Crippen LogP contribution in [0.3, 0.4) is 0 Å². The number of nitrogens with zero attached hydrogens (tertiary/aromatic N) is 3. The maximum absolute atomic E-state index is 11.1. The van der Waals surface area contributed by atoms with E-state index in [2.05, 4.69) is 131 Å². The van der Waals surface area contributed by atoms with E-state index in [1.54, 1.807) is 6.07 Å². The van der Waals surface area contributed by atoms with Crippen LogP contribution < -0.4 is 0 Å². The SMILES string of the molecule is Cc1cc(C)c(-n2c(-c3ccccc3O)nc3c(-c4cc(-c5cc(-c6ccccc6)ccn5)cc(C(C)(C)C)c4)cccc32)c(C)c1. The Labute approximate surface area is 277 Å². The van der Waals surface area contributed by atoms with E-state index in [9.17, 15) is 5.11 Å². The number of fused-ring (bicyclic) bond motifs is 1. The highest BCUT2D eigenvalue weighted by molar-refractivity contribution is 5.97. The predicted octanol–water partition coefficient (Wildman–Crippen LogP) is 11.0. The first-order valence-corrected chi connectivity index (χ1v) is 16.1. The highest BCUT2D eigenvalue weighted by atomic mass is 16.3. The van der Waals surface area contributed by atoms with Crippen molar-refractivity contribution in [3.63, 3.8) is 0 Å². The fraction of sp³-hybridized carbons (Fsp3) is 0.163. The summed E-state index contributed by atoms with van der Waals surface area (Å²) in [4.78, 5) is 10.2. The van der Waals surface area contributed by atoms with Crippen LogP contribution >= 0.6 is 0 Å². The Morgan fingerprint density at radius 3 is 2.02 bits per heavy atom. The molecule has 0 unspecified atom stereocenters. The Hall–Kier alpha value is -5.48. The van der Waals surface area contributed by atoms with Gasteiger partial charge in [0.15, 0.2) is 0 Å². The molecule has 2 heterocycles. The first-order chi connectivity index (χ1) is 22.6. The van der Waals surface area contributed by atoms with E-state index in [4.69, 9.17) is 9.97 Å². The van der Waals surface area contributed by atoms with Crippen molar-refractivity contribution in [3.8, 4) is 56.3 Å². The van der Waals surface area contributed by atoms with E-state index < -0.39 is 0 Å². The molecule has 7 rings (SSSR count). The summed E-state index contributed by atoms with van der Waals surface area (Å²) >= 11 is 0. The summed E-state index contributed by atoms with van der Waals surface area (Å²) in [6, 6.07) is 39.8. The zero-order valence-corrected chi connectivity index (χ0v) is 27.8. The number of phenolic OH excluding ortho intramolecular Hbond substituents is 1. The van der Waals surface area contributed by atoms with E-state index in [-0.39, 0.29) is 11.2 Å². The molecule has 4 nitrogen and oxygen atoms in total. The number of para-hydroxylation sites is 2. The Morgan fingerprint density at radius 2 is 1.30 bits per heavy atom. The molecule has 1 N–H and O–H groups in total. The third-order valence-electron chi connectivity index (χ3n) is 8.96. The lowest BCUT2D eigenvalue weighted by Gasteiger charge is -2.22. The van der Waals surface area contributed by atoms with Gasteiger partial charge in [-0.15, -0.1) is 0 Å². The molecule has 0 spiro atoms. The molecule has 0 radical (unpaired) electrons. The standard InChI is InChI=1S/C43H39N3O/c1-27-21-28(2)41(29(3)22-27)46-38-17-12-16-35(40(38)45-42(46)36-15-10-11-18-39(36)47)32-23-33(25-34(24-32)43(4,5)6)37-26-31(19-20-44-37)30-13-8-7-9-14-30/h7-26,47H,1-6H3. The zero-order chi connectivity index (χ0) is 32.9. The fourth-order valence-electron chi connectivity index (χ4n) is 6.69. The lowest BCUT2D eigenvalue weighted by molar-refractivity contribution is 0.477. The molecule has 0 amide bonds. The van der Waals surface area contributed by atoms with Crippen LogP contribution in [0.4, 0.5) is 0 Å². The number of aryl methyl sites for hydroxylation is 3. The molecule has 0 aliphatic heterocycles. The van der Waals surface area contributed by atoms with Crippen molar-refractivity contribution in [1.29, 1.82) is 0 Å². The van der Waals surface area contributed by atoms with Crippen LogP contribution in [0.15, 0.2) is 121 Å². The van der Waals surface area contributed by atoms with Gasteiger partial charge in [0.2, 0.25) is 0 Å². The van der Waals surface area contributed by atoms with Gasteiger partial charge in [0.05, 0.1) is 28.0 Å². The summed E-state index contributed by atoms with van der Waals surface area (Å²) in [6.07, 6.45) is 1.90. The molecule has 0 fully saturated rings. The Balaban J connectivity index is 1.50. The van der Waals surface area contributed by atoms with Gasteiger partial charge in [0.25, 0.3) is 0 Å². The molecule has 5 aromatic carbocycles. The van der Waals surface area contributed by atoms with Crippen LogP contribution in [0.2, 0.25) is 0 Å².